The average molecular weight is 402 g/mol. The SMILES string of the molecule is COc1cc(/C=C/c2ccncc2)ccc1OC(=O)/C=C/c1ccc([N+](=O)[O-])cc1. The zero-order chi connectivity index (χ0) is 21.3. The number of carbonyl (C=O) groups is 1. The van der Waals surface area contributed by atoms with E-state index in [1.807, 2.05) is 30.4 Å². The van der Waals surface area contributed by atoms with Crippen molar-refractivity contribution in [3.05, 3.63) is 99.9 Å². The van der Waals surface area contributed by atoms with Gasteiger partial charge in [0.2, 0.25) is 0 Å². The second-order valence-corrected chi connectivity index (χ2v) is 6.13. The van der Waals surface area contributed by atoms with E-state index in [1.54, 1.807) is 36.7 Å². The van der Waals surface area contributed by atoms with Gasteiger partial charge < -0.3 is 9.47 Å². The minimum Gasteiger partial charge on any atom is -0.493 e. The van der Waals surface area contributed by atoms with Crippen molar-refractivity contribution < 1.29 is 19.2 Å². The van der Waals surface area contributed by atoms with Crippen molar-refractivity contribution in [2.24, 2.45) is 0 Å². The molecule has 0 fully saturated rings. The molecule has 7 nitrogen and oxygen atoms in total. The molecular weight excluding hydrogens is 384 g/mol. The maximum atomic E-state index is 12.1. The molecule has 1 aromatic heterocycles. The van der Waals surface area contributed by atoms with E-state index in [0.717, 1.165) is 11.1 Å². The zero-order valence-corrected chi connectivity index (χ0v) is 16.1. The molecule has 0 radical (unpaired) electrons. The summed E-state index contributed by atoms with van der Waals surface area (Å²) >= 11 is 0. The van der Waals surface area contributed by atoms with Gasteiger partial charge in [-0.25, -0.2) is 4.79 Å². The minimum atomic E-state index is -0.591. The maximum absolute atomic E-state index is 12.1. The maximum Gasteiger partial charge on any atom is 0.336 e. The summed E-state index contributed by atoms with van der Waals surface area (Å²) in [6.07, 6.45) is 10.1. The molecule has 0 atom stereocenters. The lowest BCUT2D eigenvalue weighted by Crippen LogP contribution is -2.05. The Labute approximate surface area is 173 Å². The fourth-order valence-corrected chi connectivity index (χ4v) is 2.55. The number of esters is 1. The van der Waals surface area contributed by atoms with Gasteiger partial charge in [-0.2, -0.15) is 0 Å². The number of rotatable bonds is 7. The predicted molar refractivity (Wildman–Crippen MR) is 114 cm³/mol. The van der Waals surface area contributed by atoms with E-state index in [0.29, 0.717) is 11.3 Å². The summed E-state index contributed by atoms with van der Waals surface area (Å²) in [7, 11) is 1.50. The van der Waals surface area contributed by atoms with Crippen molar-refractivity contribution in [1.29, 1.82) is 0 Å². The van der Waals surface area contributed by atoms with Gasteiger partial charge in [0.15, 0.2) is 11.5 Å². The number of hydrogen-bond acceptors (Lipinski definition) is 6. The van der Waals surface area contributed by atoms with Gasteiger partial charge in [0.1, 0.15) is 0 Å². The standard InChI is InChI=1S/C23H18N2O5/c1-29-22-16-19(3-2-18-12-14-24-15-13-18)6-10-21(22)30-23(26)11-7-17-4-8-20(9-5-17)25(27)28/h2-16H,1H3/b3-2+,11-7+. The number of aromatic nitrogens is 1. The first-order valence-electron chi connectivity index (χ1n) is 8.95. The highest BCUT2D eigenvalue weighted by Crippen LogP contribution is 2.29. The Bertz CT molecular complexity index is 1090. The first-order valence-corrected chi connectivity index (χ1v) is 8.95. The molecule has 0 spiro atoms. The molecule has 0 aliphatic rings. The molecule has 150 valence electrons. The highest BCUT2D eigenvalue weighted by Gasteiger charge is 2.09. The number of nitro groups is 1. The minimum absolute atomic E-state index is 0.0162. The molecule has 0 bridgehead atoms. The van der Waals surface area contributed by atoms with Crippen LogP contribution >= 0.6 is 0 Å². The van der Waals surface area contributed by atoms with E-state index in [4.69, 9.17) is 9.47 Å². The van der Waals surface area contributed by atoms with E-state index < -0.39 is 10.9 Å². The van der Waals surface area contributed by atoms with Crippen molar-refractivity contribution in [3.8, 4) is 11.5 Å². The van der Waals surface area contributed by atoms with Crippen LogP contribution in [0.15, 0.2) is 73.1 Å². The Morgan fingerprint density at radius 1 is 0.900 bits per heavy atom. The summed E-state index contributed by atoms with van der Waals surface area (Å²) < 4.78 is 10.7. The van der Waals surface area contributed by atoms with Crippen LogP contribution in [0, 0.1) is 10.1 Å². The van der Waals surface area contributed by atoms with E-state index in [2.05, 4.69) is 4.98 Å². The molecule has 2 aromatic carbocycles. The molecular formula is C23H18N2O5. The van der Waals surface area contributed by atoms with Gasteiger partial charge in [-0.05, 0) is 59.2 Å². The number of benzene rings is 2. The molecule has 30 heavy (non-hydrogen) atoms. The molecule has 0 N–H and O–H groups in total. The summed E-state index contributed by atoms with van der Waals surface area (Å²) in [5.74, 6) is 0.118. The van der Waals surface area contributed by atoms with Crippen LogP contribution in [0.1, 0.15) is 16.7 Å². The van der Waals surface area contributed by atoms with Crippen LogP contribution in [-0.2, 0) is 4.79 Å². The van der Waals surface area contributed by atoms with Crippen molar-refractivity contribution in [1.82, 2.24) is 4.98 Å². The van der Waals surface area contributed by atoms with Crippen molar-refractivity contribution in [2.75, 3.05) is 7.11 Å². The largest absolute Gasteiger partial charge is 0.493 e. The van der Waals surface area contributed by atoms with Gasteiger partial charge in [-0.1, -0.05) is 18.2 Å². The number of non-ortho nitro benzene ring substituents is 1. The first kappa shape index (κ1) is 20.5. The molecule has 7 heteroatoms. The molecule has 3 aromatic rings. The van der Waals surface area contributed by atoms with E-state index in [1.165, 1.54) is 31.4 Å². The average Bonchev–Trinajstić information content (AvgIpc) is 2.78. The predicted octanol–water partition coefficient (Wildman–Crippen LogP) is 4.79. The van der Waals surface area contributed by atoms with Gasteiger partial charge in [0, 0.05) is 30.6 Å². The van der Waals surface area contributed by atoms with Crippen LogP contribution in [0.25, 0.3) is 18.2 Å². The molecule has 3 rings (SSSR count). The van der Waals surface area contributed by atoms with Gasteiger partial charge in [-0.3, -0.25) is 15.1 Å². The zero-order valence-electron chi connectivity index (χ0n) is 16.1. The topological polar surface area (TPSA) is 91.6 Å². The highest BCUT2D eigenvalue weighted by molar-refractivity contribution is 5.89. The number of ether oxygens (including phenoxy) is 2. The summed E-state index contributed by atoms with van der Waals surface area (Å²) in [5, 5.41) is 10.7. The van der Waals surface area contributed by atoms with Crippen LogP contribution in [-0.4, -0.2) is 23.0 Å². The monoisotopic (exact) mass is 402 g/mol. The van der Waals surface area contributed by atoms with E-state index in [9.17, 15) is 14.9 Å². The molecule has 0 unspecified atom stereocenters. The Balaban J connectivity index is 1.67. The summed E-state index contributed by atoms with van der Waals surface area (Å²) in [5.41, 5.74) is 2.51. The Morgan fingerprint density at radius 3 is 2.20 bits per heavy atom. The number of hydrogen-bond donors (Lipinski definition) is 0. The smallest absolute Gasteiger partial charge is 0.336 e. The van der Waals surface area contributed by atoms with Gasteiger partial charge in [0.25, 0.3) is 5.69 Å². The molecule has 0 aliphatic carbocycles. The number of methoxy groups -OCH3 is 1. The quantitative estimate of drug-likeness (QED) is 0.186. The Kier molecular flexibility index (Phi) is 6.68. The van der Waals surface area contributed by atoms with E-state index in [-0.39, 0.29) is 11.4 Å². The lowest BCUT2D eigenvalue weighted by Gasteiger charge is -2.08. The Hall–Kier alpha value is -4.26. The van der Waals surface area contributed by atoms with E-state index >= 15 is 0 Å². The highest BCUT2D eigenvalue weighted by atomic mass is 16.6. The van der Waals surface area contributed by atoms with Gasteiger partial charge in [-0.15, -0.1) is 0 Å². The fourth-order valence-electron chi connectivity index (χ4n) is 2.55. The number of nitro benzene ring substituents is 1. The molecule has 0 aliphatic heterocycles. The van der Waals surface area contributed by atoms with Crippen molar-refractivity contribution in [3.63, 3.8) is 0 Å². The molecule has 0 amide bonds. The number of pyridine rings is 1. The number of carbonyl (C=O) groups excluding carboxylic acids is 1. The normalized spacial score (nSPS) is 11.0. The summed E-state index contributed by atoms with van der Waals surface area (Å²) in [4.78, 5) is 26.3. The third kappa shape index (κ3) is 5.62. The van der Waals surface area contributed by atoms with Crippen LogP contribution < -0.4 is 9.47 Å². The fraction of sp³-hybridized carbons (Fsp3) is 0.0435. The third-order valence-corrected chi connectivity index (χ3v) is 4.09. The molecule has 0 saturated carbocycles. The van der Waals surface area contributed by atoms with Crippen LogP contribution in [0.4, 0.5) is 5.69 Å². The first-order chi connectivity index (χ1) is 14.5. The van der Waals surface area contributed by atoms with Gasteiger partial charge >= 0.3 is 5.97 Å². The second kappa shape index (κ2) is 9.79. The van der Waals surface area contributed by atoms with Crippen LogP contribution in [0.2, 0.25) is 0 Å². The van der Waals surface area contributed by atoms with Crippen LogP contribution in [0.5, 0.6) is 11.5 Å². The number of nitrogens with zero attached hydrogens (tertiary/aromatic N) is 2. The summed E-state index contributed by atoms with van der Waals surface area (Å²) in [6, 6.07) is 14.8. The molecule has 1 heterocycles. The van der Waals surface area contributed by atoms with Gasteiger partial charge in [0.05, 0.1) is 12.0 Å². The lowest BCUT2D eigenvalue weighted by atomic mass is 10.1. The Morgan fingerprint density at radius 2 is 1.53 bits per heavy atom. The lowest BCUT2D eigenvalue weighted by molar-refractivity contribution is -0.384. The third-order valence-electron chi connectivity index (χ3n) is 4.09. The molecule has 0 saturated heterocycles. The second-order valence-electron chi connectivity index (χ2n) is 6.13. The van der Waals surface area contributed by atoms with Crippen molar-refractivity contribution >= 4 is 29.9 Å². The summed E-state index contributed by atoms with van der Waals surface area (Å²) in [6.45, 7) is 0. The van der Waals surface area contributed by atoms with Crippen molar-refractivity contribution in [2.45, 2.75) is 0 Å². The van der Waals surface area contributed by atoms with Crippen LogP contribution in [0.3, 0.4) is 0 Å².